The van der Waals surface area contributed by atoms with Gasteiger partial charge >= 0.3 is 0 Å². The SMILES string of the molecule is CC(C)OCC(O)CNCCc1ccccn1. The number of nitrogens with zero attached hydrogens (tertiary/aromatic N) is 1. The lowest BCUT2D eigenvalue weighted by atomic mass is 10.2. The minimum absolute atomic E-state index is 0.165. The van der Waals surface area contributed by atoms with Gasteiger partial charge in [-0.05, 0) is 26.0 Å². The van der Waals surface area contributed by atoms with Crippen LogP contribution in [-0.4, -0.2) is 42.0 Å². The summed E-state index contributed by atoms with van der Waals surface area (Å²) >= 11 is 0. The molecule has 0 fully saturated rings. The van der Waals surface area contributed by atoms with Crippen LogP contribution in [0.25, 0.3) is 0 Å². The molecule has 0 spiro atoms. The van der Waals surface area contributed by atoms with E-state index in [1.807, 2.05) is 32.0 Å². The van der Waals surface area contributed by atoms with Gasteiger partial charge in [0.15, 0.2) is 0 Å². The van der Waals surface area contributed by atoms with Gasteiger partial charge in [0, 0.05) is 31.4 Å². The first kappa shape index (κ1) is 14.1. The van der Waals surface area contributed by atoms with Gasteiger partial charge in [-0.2, -0.15) is 0 Å². The Morgan fingerprint density at radius 1 is 1.41 bits per heavy atom. The van der Waals surface area contributed by atoms with Crippen LogP contribution in [0.4, 0.5) is 0 Å². The minimum atomic E-state index is -0.443. The third-order valence-corrected chi connectivity index (χ3v) is 2.29. The summed E-state index contributed by atoms with van der Waals surface area (Å²) in [5, 5.41) is 12.8. The van der Waals surface area contributed by atoms with Gasteiger partial charge in [0.05, 0.1) is 18.8 Å². The van der Waals surface area contributed by atoms with Crippen molar-refractivity contribution in [2.75, 3.05) is 19.7 Å². The van der Waals surface area contributed by atoms with E-state index in [1.165, 1.54) is 0 Å². The number of ether oxygens (including phenoxy) is 1. The summed E-state index contributed by atoms with van der Waals surface area (Å²) in [6.07, 6.45) is 2.39. The number of rotatable bonds is 8. The second-order valence-electron chi connectivity index (χ2n) is 4.31. The zero-order valence-electron chi connectivity index (χ0n) is 10.6. The fourth-order valence-electron chi connectivity index (χ4n) is 1.39. The molecule has 0 radical (unpaired) electrons. The van der Waals surface area contributed by atoms with Gasteiger partial charge in [0.1, 0.15) is 0 Å². The Balaban J connectivity index is 2.04. The smallest absolute Gasteiger partial charge is 0.0897 e. The molecule has 4 nitrogen and oxygen atoms in total. The third-order valence-electron chi connectivity index (χ3n) is 2.29. The molecular formula is C13H22N2O2. The molecule has 0 saturated carbocycles. The quantitative estimate of drug-likeness (QED) is 0.663. The van der Waals surface area contributed by atoms with E-state index in [9.17, 15) is 5.11 Å². The molecule has 0 aliphatic carbocycles. The molecule has 96 valence electrons. The van der Waals surface area contributed by atoms with Crippen molar-refractivity contribution >= 4 is 0 Å². The monoisotopic (exact) mass is 238 g/mol. The Morgan fingerprint density at radius 3 is 2.88 bits per heavy atom. The van der Waals surface area contributed by atoms with E-state index in [2.05, 4.69) is 10.3 Å². The van der Waals surface area contributed by atoms with E-state index in [1.54, 1.807) is 6.20 Å². The molecule has 1 atom stereocenters. The number of aromatic nitrogens is 1. The molecule has 1 unspecified atom stereocenters. The van der Waals surface area contributed by atoms with Crippen LogP contribution in [0.2, 0.25) is 0 Å². The summed E-state index contributed by atoms with van der Waals surface area (Å²) in [6.45, 7) is 5.67. The van der Waals surface area contributed by atoms with Gasteiger partial charge in [0.2, 0.25) is 0 Å². The van der Waals surface area contributed by atoms with Crippen molar-refractivity contribution in [1.82, 2.24) is 10.3 Å². The van der Waals surface area contributed by atoms with E-state index in [0.29, 0.717) is 13.2 Å². The molecule has 1 heterocycles. The first-order valence-corrected chi connectivity index (χ1v) is 6.08. The van der Waals surface area contributed by atoms with E-state index >= 15 is 0 Å². The average Bonchev–Trinajstić information content (AvgIpc) is 2.33. The highest BCUT2D eigenvalue weighted by Gasteiger charge is 2.04. The van der Waals surface area contributed by atoms with Crippen LogP contribution in [0, 0.1) is 0 Å². The van der Waals surface area contributed by atoms with Crippen molar-refractivity contribution in [1.29, 1.82) is 0 Å². The Hall–Kier alpha value is -0.970. The molecule has 0 aliphatic heterocycles. The zero-order chi connectivity index (χ0) is 12.5. The maximum absolute atomic E-state index is 9.59. The molecule has 0 saturated heterocycles. The van der Waals surface area contributed by atoms with Crippen molar-refractivity contribution in [3.05, 3.63) is 30.1 Å². The molecule has 0 amide bonds. The first-order valence-electron chi connectivity index (χ1n) is 6.08. The van der Waals surface area contributed by atoms with E-state index in [0.717, 1.165) is 18.7 Å². The second kappa shape index (κ2) is 8.17. The van der Waals surface area contributed by atoms with Crippen LogP contribution >= 0.6 is 0 Å². The maximum Gasteiger partial charge on any atom is 0.0897 e. The van der Waals surface area contributed by atoms with Crippen LogP contribution in [-0.2, 0) is 11.2 Å². The van der Waals surface area contributed by atoms with Crippen molar-refractivity contribution in [2.45, 2.75) is 32.5 Å². The third kappa shape index (κ3) is 7.05. The maximum atomic E-state index is 9.59. The highest BCUT2D eigenvalue weighted by atomic mass is 16.5. The van der Waals surface area contributed by atoms with Crippen LogP contribution in [0.1, 0.15) is 19.5 Å². The molecule has 0 bridgehead atoms. The average molecular weight is 238 g/mol. The van der Waals surface area contributed by atoms with Crippen molar-refractivity contribution < 1.29 is 9.84 Å². The molecule has 0 aliphatic rings. The largest absolute Gasteiger partial charge is 0.389 e. The van der Waals surface area contributed by atoms with E-state index < -0.39 is 6.10 Å². The summed E-state index contributed by atoms with van der Waals surface area (Å²) in [5.74, 6) is 0. The Kier molecular flexibility index (Phi) is 6.77. The van der Waals surface area contributed by atoms with Gasteiger partial charge in [-0.1, -0.05) is 6.07 Å². The van der Waals surface area contributed by atoms with Crippen LogP contribution in [0.5, 0.6) is 0 Å². The molecule has 2 N–H and O–H groups in total. The normalized spacial score (nSPS) is 12.9. The fourth-order valence-corrected chi connectivity index (χ4v) is 1.39. The van der Waals surface area contributed by atoms with Gasteiger partial charge < -0.3 is 15.2 Å². The summed E-state index contributed by atoms with van der Waals surface area (Å²) in [6, 6.07) is 5.89. The van der Waals surface area contributed by atoms with Crippen LogP contribution < -0.4 is 5.32 Å². The Labute approximate surface area is 103 Å². The van der Waals surface area contributed by atoms with Crippen molar-refractivity contribution in [3.63, 3.8) is 0 Å². The van der Waals surface area contributed by atoms with Gasteiger partial charge in [-0.25, -0.2) is 0 Å². The Bertz CT molecular complexity index is 291. The molecule has 4 heteroatoms. The predicted molar refractivity (Wildman–Crippen MR) is 67.9 cm³/mol. The topological polar surface area (TPSA) is 54.4 Å². The lowest BCUT2D eigenvalue weighted by Crippen LogP contribution is -2.32. The number of pyridine rings is 1. The van der Waals surface area contributed by atoms with E-state index in [4.69, 9.17) is 4.74 Å². The number of hydrogen-bond acceptors (Lipinski definition) is 4. The number of aliphatic hydroxyl groups excluding tert-OH is 1. The van der Waals surface area contributed by atoms with Gasteiger partial charge in [-0.3, -0.25) is 4.98 Å². The molecule has 1 aromatic rings. The lowest BCUT2D eigenvalue weighted by Gasteiger charge is -2.14. The molecule has 17 heavy (non-hydrogen) atoms. The summed E-state index contributed by atoms with van der Waals surface area (Å²) in [4.78, 5) is 4.23. The lowest BCUT2D eigenvalue weighted by molar-refractivity contribution is 0.00651. The van der Waals surface area contributed by atoms with Crippen LogP contribution in [0.3, 0.4) is 0 Å². The molecule has 0 aromatic carbocycles. The number of nitrogens with one attached hydrogen (secondary N) is 1. The van der Waals surface area contributed by atoms with Crippen molar-refractivity contribution in [2.24, 2.45) is 0 Å². The first-order chi connectivity index (χ1) is 8.18. The summed E-state index contributed by atoms with van der Waals surface area (Å²) in [7, 11) is 0. The van der Waals surface area contributed by atoms with Gasteiger partial charge in [0.25, 0.3) is 0 Å². The Morgan fingerprint density at radius 2 is 2.24 bits per heavy atom. The standard InChI is InChI=1S/C13H22N2O2/c1-11(2)17-10-13(16)9-14-8-6-12-5-3-4-7-15-12/h3-5,7,11,13-14,16H,6,8-10H2,1-2H3. The highest BCUT2D eigenvalue weighted by molar-refractivity contribution is 5.03. The molecule has 1 rings (SSSR count). The van der Waals surface area contributed by atoms with Crippen LogP contribution in [0.15, 0.2) is 24.4 Å². The molecular weight excluding hydrogens is 216 g/mol. The predicted octanol–water partition coefficient (Wildman–Crippen LogP) is 1.000. The zero-order valence-corrected chi connectivity index (χ0v) is 10.6. The highest BCUT2D eigenvalue weighted by Crippen LogP contribution is 1.94. The molecule has 1 aromatic heterocycles. The number of hydrogen-bond donors (Lipinski definition) is 2. The summed E-state index contributed by atoms with van der Waals surface area (Å²) in [5.41, 5.74) is 1.06. The fraction of sp³-hybridized carbons (Fsp3) is 0.615. The van der Waals surface area contributed by atoms with E-state index in [-0.39, 0.29) is 6.10 Å². The second-order valence-corrected chi connectivity index (χ2v) is 4.31. The summed E-state index contributed by atoms with van der Waals surface area (Å²) < 4.78 is 5.32. The number of aliphatic hydroxyl groups is 1. The van der Waals surface area contributed by atoms with Gasteiger partial charge in [-0.15, -0.1) is 0 Å². The van der Waals surface area contributed by atoms with Crippen molar-refractivity contribution in [3.8, 4) is 0 Å². The minimum Gasteiger partial charge on any atom is -0.389 e.